The number of aromatic nitrogens is 2. The largest absolute Gasteiger partial charge is 0.488 e. The summed E-state index contributed by atoms with van der Waals surface area (Å²) in [6, 6.07) is 8.17. The van der Waals surface area contributed by atoms with E-state index in [0.717, 1.165) is 0 Å². The third kappa shape index (κ3) is 8.80. The van der Waals surface area contributed by atoms with Crippen LogP contribution in [-0.2, 0) is 14.0 Å². The monoisotopic (exact) mass is 616 g/mol. The maximum Gasteiger partial charge on any atom is 0.405 e. The highest BCUT2D eigenvalue weighted by Gasteiger charge is 2.38. The molecular weight excluding hydrogens is 572 g/mol. The Hall–Kier alpha value is -3.91. The summed E-state index contributed by atoms with van der Waals surface area (Å²) in [7, 11) is -1.87. The van der Waals surface area contributed by atoms with Crippen molar-refractivity contribution in [3.05, 3.63) is 47.0 Å². The van der Waals surface area contributed by atoms with E-state index in [-0.39, 0.29) is 43.1 Å². The van der Waals surface area contributed by atoms with Crippen LogP contribution in [0.3, 0.4) is 0 Å². The van der Waals surface area contributed by atoms with Crippen LogP contribution >= 0.6 is 0 Å². The van der Waals surface area contributed by atoms with E-state index < -0.39 is 37.6 Å². The van der Waals surface area contributed by atoms with Crippen molar-refractivity contribution in [2.75, 3.05) is 38.1 Å². The van der Waals surface area contributed by atoms with Gasteiger partial charge in [0.1, 0.15) is 17.7 Å². The second kappa shape index (κ2) is 13.2. The topological polar surface area (TPSA) is 158 Å². The van der Waals surface area contributed by atoms with Gasteiger partial charge in [-0.05, 0) is 69.2 Å². The van der Waals surface area contributed by atoms with E-state index in [1.807, 2.05) is 6.92 Å². The SMILES string of the molecule is CC(CO[Si](C)(C)C(C)(C)C)Oc1ccc(-n2ccc(NC(=O)N3CCN(C(=O)C(C)(C)OC(N)=O)CC3)nc2=O)cc1. The van der Waals surface area contributed by atoms with Crippen molar-refractivity contribution < 1.29 is 28.3 Å². The minimum atomic E-state index is -1.87. The van der Waals surface area contributed by atoms with E-state index in [1.165, 1.54) is 40.5 Å². The molecule has 1 aromatic carbocycles. The first kappa shape index (κ1) is 33.6. The third-order valence-electron chi connectivity index (χ3n) is 7.70. The summed E-state index contributed by atoms with van der Waals surface area (Å²) in [6.07, 6.45) is 0.358. The Morgan fingerprint density at radius 1 is 1.00 bits per heavy atom. The van der Waals surface area contributed by atoms with Gasteiger partial charge in [-0.1, -0.05) is 20.8 Å². The molecule has 0 bridgehead atoms. The Morgan fingerprint density at radius 3 is 2.12 bits per heavy atom. The van der Waals surface area contributed by atoms with Crippen LogP contribution in [0, 0.1) is 0 Å². The Kier molecular flexibility index (Phi) is 10.3. The Labute approximate surface area is 253 Å². The minimum absolute atomic E-state index is 0.108. The molecule has 0 saturated carbocycles. The molecule has 4 amide bonds. The number of anilines is 1. The fourth-order valence-electron chi connectivity index (χ4n) is 4.14. The summed E-state index contributed by atoms with van der Waals surface area (Å²) in [6.45, 7) is 17.4. The average Bonchev–Trinajstić information content (AvgIpc) is 2.91. The van der Waals surface area contributed by atoms with Gasteiger partial charge in [-0.3, -0.25) is 14.7 Å². The first-order valence-corrected chi connectivity index (χ1v) is 17.1. The number of primary amides is 1. The lowest BCUT2D eigenvalue weighted by atomic mass is 10.1. The van der Waals surface area contributed by atoms with Gasteiger partial charge in [0.2, 0.25) is 0 Å². The molecule has 2 heterocycles. The quantitative estimate of drug-likeness (QED) is 0.405. The number of rotatable bonds is 9. The number of hydrogen-bond donors (Lipinski definition) is 2. The van der Waals surface area contributed by atoms with Gasteiger partial charge >= 0.3 is 17.8 Å². The van der Waals surface area contributed by atoms with Crippen molar-refractivity contribution in [1.29, 1.82) is 0 Å². The van der Waals surface area contributed by atoms with E-state index >= 15 is 0 Å². The molecule has 1 aliphatic heterocycles. The van der Waals surface area contributed by atoms with Crippen molar-refractivity contribution in [1.82, 2.24) is 19.4 Å². The fourth-order valence-corrected chi connectivity index (χ4v) is 5.22. The molecule has 14 heteroatoms. The van der Waals surface area contributed by atoms with Crippen LogP contribution in [0.4, 0.5) is 15.4 Å². The third-order valence-corrected chi connectivity index (χ3v) is 12.2. The number of piperazine rings is 1. The minimum Gasteiger partial charge on any atom is -0.488 e. The maximum atomic E-state index is 12.8. The Balaban J connectivity index is 1.54. The van der Waals surface area contributed by atoms with Crippen molar-refractivity contribution in [2.45, 2.75) is 71.4 Å². The van der Waals surface area contributed by atoms with Gasteiger partial charge in [-0.25, -0.2) is 14.4 Å². The number of carbonyl (C=O) groups excluding carboxylic acids is 3. The van der Waals surface area contributed by atoms with Crippen LogP contribution in [0.15, 0.2) is 41.3 Å². The normalized spacial score (nSPS) is 15.1. The summed E-state index contributed by atoms with van der Waals surface area (Å²) in [5, 5.41) is 2.76. The zero-order chi connectivity index (χ0) is 32.2. The predicted molar refractivity (Wildman–Crippen MR) is 165 cm³/mol. The molecule has 0 spiro atoms. The molecule has 236 valence electrons. The van der Waals surface area contributed by atoms with Crippen LogP contribution < -0.4 is 21.5 Å². The summed E-state index contributed by atoms with van der Waals surface area (Å²) in [5.74, 6) is 0.364. The van der Waals surface area contributed by atoms with Gasteiger partial charge in [0.05, 0.1) is 12.3 Å². The molecular formula is C29H44N6O7Si. The zero-order valence-corrected chi connectivity index (χ0v) is 27.3. The highest BCUT2D eigenvalue weighted by molar-refractivity contribution is 6.74. The molecule has 13 nitrogen and oxygen atoms in total. The van der Waals surface area contributed by atoms with Crippen LogP contribution in [0.2, 0.25) is 18.1 Å². The number of nitrogens with two attached hydrogens (primary N) is 1. The summed E-state index contributed by atoms with van der Waals surface area (Å²) >= 11 is 0. The Morgan fingerprint density at radius 2 is 1.58 bits per heavy atom. The lowest BCUT2D eigenvalue weighted by Gasteiger charge is -2.37. The molecule has 0 radical (unpaired) electrons. The molecule has 43 heavy (non-hydrogen) atoms. The highest BCUT2D eigenvalue weighted by atomic mass is 28.4. The van der Waals surface area contributed by atoms with Crippen LogP contribution in [-0.4, -0.2) is 90.2 Å². The number of urea groups is 1. The van der Waals surface area contributed by atoms with Gasteiger partial charge in [-0.15, -0.1) is 0 Å². The first-order valence-electron chi connectivity index (χ1n) is 14.2. The molecule has 1 fully saturated rings. The first-order chi connectivity index (χ1) is 19.9. The van der Waals surface area contributed by atoms with Gasteiger partial charge < -0.3 is 29.4 Å². The highest BCUT2D eigenvalue weighted by Crippen LogP contribution is 2.36. The number of nitrogens with one attached hydrogen (secondary N) is 1. The van der Waals surface area contributed by atoms with Crippen molar-refractivity contribution in [3.63, 3.8) is 0 Å². The van der Waals surface area contributed by atoms with Crippen molar-refractivity contribution >= 4 is 32.2 Å². The molecule has 3 rings (SSSR count). The standard InChI is InChI=1S/C29H44N6O7Si/c1-20(19-40-43(7,8)28(2,3)4)41-22-11-9-21(10-12-22)35-14-13-23(32-27(35)39)31-26(38)34-17-15-33(16-18-34)24(36)29(5,6)42-25(30)37/h9-14,20H,15-19H2,1-8H3,(H2,30,37)(H,31,32,38,39). The molecule has 1 atom stereocenters. The van der Waals surface area contributed by atoms with Crippen LogP contribution in [0.25, 0.3) is 5.69 Å². The summed E-state index contributed by atoms with van der Waals surface area (Å²) < 4.78 is 18.5. The van der Waals surface area contributed by atoms with Crippen molar-refractivity contribution in [2.24, 2.45) is 5.73 Å². The average molecular weight is 617 g/mol. The Bertz CT molecular complexity index is 1360. The molecule has 1 aromatic heterocycles. The number of amides is 4. The van der Waals surface area contributed by atoms with Gasteiger partial charge in [-0.2, -0.15) is 4.98 Å². The number of benzene rings is 1. The molecule has 0 aliphatic carbocycles. The predicted octanol–water partition coefficient (Wildman–Crippen LogP) is 3.57. The number of ether oxygens (including phenoxy) is 2. The van der Waals surface area contributed by atoms with E-state index in [1.54, 1.807) is 24.3 Å². The molecule has 1 saturated heterocycles. The zero-order valence-electron chi connectivity index (χ0n) is 26.3. The summed E-state index contributed by atoms with van der Waals surface area (Å²) in [4.78, 5) is 56.3. The van der Waals surface area contributed by atoms with Crippen LogP contribution in [0.5, 0.6) is 5.75 Å². The lowest BCUT2D eigenvalue weighted by molar-refractivity contribution is -0.149. The van der Waals surface area contributed by atoms with Gasteiger partial charge in [0.15, 0.2) is 13.9 Å². The molecule has 2 aromatic rings. The number of nitrogens with zero attached hydrogens (tertiary/aromatic N) is 4. The molecule has 1 aliphatic rings. The van der Waals surface area contributed by atoms with E-state index in [2.05, 4.69) is 44.2 Å². The smallest absolute Gasteiger partial charge is 0.405 e. The maximum absolute atomic E-state index is 12.8. The van der Waals surface area contributed by atoms with Crippen LogP contribution in [0.1, 0.15) is 41.5 Å². The summed E-state index contributed by atoms with van der Waals surface area (Å²) in [5.41, 5.74) is 3.68. The van der Waals surface area contributed by atoms with Gasteiger partial charge in [0.25, 0.3) is 5.91 Å². The number of hydrogen-bond acceptors (Lipinski definition) is 8. The van der Waals surface area contributed by atoms with Gasteiger partial charge in [0, 0.05) is 32.4 Å². The molecule has 3 N–H and O–H groups in total. The second-order valence-electron chi connectivity index (χ2n) is 12.6. The van der Waals surface area contributed by atoms with E-state index in [0.29, 0.717) is 18.0 Å². The van der Waals surface area contributed by atoms with E-state index in [4.69, 9.17) is 19.6 Å². The number of carbonyl (C=O) groups is 3. The lowest BCUT2D eigenvalue weighted by Crippen LogP contribution is -2.56. The fraction of sp³-hybridized carbons (Fsp3) is 0.552. The van der Waals surface area contributed by atoms with E-state index in [9.17, 15) is 19.2 Å². The van der Waals surface area contributed by atoms with Crippen molar-refractivity contribution in [3.8, 4) is 11.4 Å². The second-order valence-corrected chi connectivity index (χ2v) is 17.4. The molecule has 1 unspecified atom stereocenters.